The van der Waals surface area contributed by atoms with Gasteiger partial charge in [0.1, 0.15) is 17.4 Å². The average molecular weight is 420 g/mol. The van der Waals surface area contributed by atoms with Gasteiger partial charge in [-0.2, -0.15) is 5.10 Å². The summed E-state index contributed by atoms with van der Waals surface area (Å²) in [4.78, 5) is 24.2. The van der Waals surface area contributed by atoms with Crippen molar-refractivity contribution in [3.63, 3.8) is 0 Å². The minimum atomic E-state index is -0.393. The van der Waals surface area contributed by atoms with Crippen molar-refractivity contribution in [1.29, 1.82) is 0 Å². The average Bonchev–Trinajstić information content (AvgIpc) is 3.36. The molecule has 4 rings (SSSR count). The maximum absolute atomic E-state index is 12.2. The van der Waals surface area contributed by atoms with Crippen molar-refractivity contribution in [2.75, 3.05) is 18.5 Å². The van der Waals surface area contributed by atoms with E-state index in [0.29, 0.717) is 30.1 Å². The van der Waals surface area contributed by atoms with Gasteiger partial charge in [0.15, 0.2) is 0 Å². The second-order valence-corrected chi connectivity index (χ2v) is 7.21. The maximum Gasteiger partial charge on any atom is 0.341 e. The molecule has 2 N–H and O–H groups in total. The van der Waals surface area contributed by atoms with E-state index in [0.717, 1.165) is 23.4 Å². The summed E-state index contributed by atoms with van der Waals surface area (Å²) in [6.45, 7) is 4.30. The molecule has 2 aromatic carbocycles. The van der Waals surface area contributed by atoms with Crippen molar-refractivity contribution in [1.82, 2.24) is 15.1 Å². The summed E-state index contributed by atoms with van der Waals surface area (Å²) in [7, 11) is 0. The minimum Gasteiger partial charge on any atom is -0.488 e. The van der Waals surface area contributed by atoms with E-state index in [1.54, 1.807) is 23.7 Å². The van der Waals surface area contributed by atoms with E-state index in [2.05, 4.69) is 15.7 Å². The van der Waals surface area contributed by atoms with Gasteiger partial charge in [0.2, 0.25) is 0 Å². The fourth-order valence-electron chi connectivity index (χ4n) is 3.51. The van der Waals surface area contributed by atoms with Gasteiger partial charge in [-0.3, -0.25) is 0 Å². The molecule has 1 aliphatic rings. The number of carbonyl (C=O) groups excluding carboxylic acids is 2. The summed E-state index contributed by atoms with van der Waals surface area (Å²) in [6, 6.07) is 14.8. The van der Waals surface area contributed by atoms with Gasteiger partial charge < -0.3 is 20.1 Å². The largest absolute Gasteiger partial charge is 0.488 e. The highest BCUT2D eigenvalue weighted by Crippen LogP contribution is 2.27. The van der Waals surface area contributed by atoms with Gasteiger partial charge in [-0.15, -0.1) is 0 Å². The number of hydrogen-bond acceptors (Lipinski definition) is 5. The Labute approximate surface area is 180 Å². The molecule has 31 heavy (non-hydrogen) atoms. The van der Waals surface area contributed by atoms with E-state index in [-0.39, 0.29) is 12.1 Å². The van der Waals surface area contributed by atoms with Crippen LogP contribution in [-0.4, -0.2) is 41.0 Å². The first-order chi connectivity index (χ1) is 15.0. The number of rotatable bonds is 6. The zero-order valence-corrected chi connectivity index (χ0v) is 17.4. The Bertz CT molecular complexity index is 1070. The first-order valence-electron chi connectivity index (χ1n) is 10.2. The number of carbonyl (C=O) groups is 2. The number of anilines is 1. The molecule has 2 heterocycles. The molecule has 8 heteroatoms. The molecule has 0 spiro atoms. The first-order valence-corrected chi connectivity index (χ1v) is 10.2. The number of aromatic nitrogens is 2. The minimum absolute atomic E-state index is 0.0677. The second-order valence-electron chi connectivity index (χ2n) is 7.21. The van der Waals surface area contributed by atoms with Gasteiger partial charge in [-0.25, -0.2) is 14.3 Å². The SMILES string of the molecule is CCOC(=O)c1cnn(-c2ccc(NC(=O)NC[C@@H]3Cc4ccccc4O3)cc2)c1C. The van der Waals surface area contributed by atoms with Crippen molar-refractivity contribution in [2.24, 2.45) is 0 Å². The molecule has 3 aromatic rings. The van der Waals surface area contributed by atoms with Crippen molar-refractivity contribution < 1.29 is 19.1 Å². The molecule has 2 amide bonds. The maximum atomic E-state index is 12.2. The summed E-state index contributed by atoms with van der Waals surface area (Å²) in [5.74, 6) is 0.487. The summed E-state index contributed by atoms with van der Waals surface area (Å²) in [6.07, 6.45) is 2.21. The lowest BCUT2D eigenvalue weighted by Gasteiger charge is -2.13. The Balaban J connectivity index is 1.32. The zero-order chi connectivity index (χ0) is 21.8. The topological polar surface area (TPSA) is 94.5 Å². The molecule has 0 bridgehead atoms. The Morgan fingerprint density at radius 2 is 1.97 bits per heavy atom. The number of ether oxygens (including phenoxy) is 2. The van der Waals surface area contributed by atoms with Crippen LogP contribution >= 0.6 is 0 Å². The van der Waals surface area contributed by atoms with Gasteiger partial charge in [0.05, 0.1) is 30.7 Å². The number of nitrogens with zero attached hydrogens (tertiary/aromatic N) is 2. The number of benzene rings is 2. The summed E-state index contributed by atoms with van der Waals surface area (Å²) >= 11 is 0. The van der Waals surface area contributed by atoms with Crippen molar-refractivity contribution >= 4 is 17.7 Å². The van der Waals surface area contributed by atoms with Gasteiger partial charge in [0, 0.05) is 12.1 Å². The molecule has 0 unspecified atom stereocenters. The van der Waals surface area contributed by atoms with Crippen LogP contribution in [0.25, 0.3) is 5.69 Å². The number of esters is 1. The zero-order valence-electron chi connectivity index (χ0n) is 17.4. The summed E-state index contributed by atoms with van der Waals surface area (Å²) in [5.41, 5.74) is 3.70. The van der Waals surface area contributed by atoms with E-state index >= 15 is 0 Å². The van der Waals surface area contributed by atoms with Crippen LogP contribution in [0.1, 0.15) is 28.5 Å². The Kier molecular flexibility index (Phi) is 5.88. The third-order valence-corrected chi connectivity index (χ3v) is 5.08. The number of hydrogen-bond donors (Lipinski definition) is 2. The Hall–Kier alpha value is -3.81. The Morgan fingerprint density at radius 3 is 2.71 bits per heavy atom. The predicted octanol–water partition coefficient (Wildman–Crippen LogP) is 3.48. The molecule has 0 radical (unpaired) electrons. The van der Waals surface area contributed by atoms with Gasteiger partial charge in [-0.1, -0.05) is 18.2 Å². The van der Waals surface area contributed by atoms with E-state index in [1.165, 1.54) is 6.20 Å². The fraction of sp³-hybridized carbons (Fsp3) is 0.261. The lowest BCUT2D eigenvalue weighted by molar-refractivity contribution is 0.0525. The summed E-state index contributed by atoms with van der Waals surface area (Å²) in [5, 5.41) is 9.93. The molecule has 0 saturated carbocycles. The van der Waals surface area contributed by atoms with E-state index in [1.807, 2.05) is 43.3 Å². The molecule has 1 aliphatic heterocycles. The Morgan fingerprint density at radius 1 is 1.19 bits per heavy atom. The van der Waals surface area contributed by atoms with Crippen molar-refractivity contribution in [2.45, 2.75) is 26.4 Å². The normalized spacial score (nSPS) is 14.5. The second kappa shape index (κ2) is 8.91. The van der Waals surface area contributed by atoms with Crippen LogP contribution in [0, 0.1) is 6.92 Å². The molecular formula is C23H24N4O4. The van der Waals surface area contributed by atoms with Crippen molar-refractivity contribution in [3.8, 4) is 11.4 Å². The van der Waals surface area contributed by atoms with Crippen LogP contribution in [0.5, 0.6) is 5.75 Å². The van der Waals surface area contributed by atoms with Crippen LogP contribution in [0.15, 0.2) is 54.7 Å². The molecule has 160 valence electrons. The molecule has 8 nitrogen and oxygen atoms in total. The molecule has 1 atom stereocenters. The quantitative estimate of drug-likeness (QED) is 0.596. The van der Waals surface area contributed by atoms with Crippen LogP contribution in [0.4, 0.5) is 10.5 Å². The van der Waals surface area contributed by atoms with Crippen LogP contribution in [0.3, 0.4) is 0 Å². The molecule has 1 aromatic heterocycles. The van der Waals surface area contributed by atoms with Crippen LogP contribution in [-0.2, 0) is 11.2 Å². The van der Waals surface area contributed by atoms with Gasteiger partial charge >= 0.3 is 12.0 Å². The molecule has 0 aliphatic carbocycles. The number of amides is 2. The lowest BCUT2D eigenvalue weighted by Crippen LogP contribution is -2.37. The monoisotopic (exact) mass is 420 g/mol. The summed E-state index contributed by atoms with van der Waals surface area (Å²) < 4.78 is 12.5. The van der Waals surface area contributed by atoms with Crippen LogP contribution < -0.4 is 15.4 Å². The first kappa shape index (κ1) is 20.5. The number of para-hydroxylation sites is 1. The van der Waals surface area contributed by atoms with Gasteiger partial charge in [-0.05, 0) is 49.7 Å². The number of nitrogens with one attached hydrogen (secondary N) is 2. The van der Waals surface area contributed by atoms with Crippen molar-refractivity contribution in [3.05, 3.63) is 71.5 Å². The van der Waals surface area contributed by atoms with E-state index in [4.69, 9.17) is 9.47 Å². The van der Waals surface area contributed by atoms with Crippen LogP contribution in [0.2, 0.25) is 0 Å². The highest BCUT2D eigenvalue weighted by Gasteiger charge is 2.22. The highest BCUT2D eigenvalue weighted by molar-refractivity contribution is 5.90. The third kappa shape index (κ3) is 4.53. The van der Waals surface area contributed by atoms with E-state index < -0.39 is 5.97 Å². The highest BCUT2D eigenvalue weighted by atomic mass is 16.5. The third-order valence-electron chi connectivity index (χ3n) is 5.08. The lowest BCUT2D eigenvalue weighted by atomic mass is 10.1. The molecule has 0 saturated heterocycles. The van der Waals surface area contributed by atoms with Gasteiger partial charge in [0.25, 0.3) is 0 Å². The smallest absolute Gasteiger partial charge is 0.341 e. The fourth-order valence-corrected chi connectivity index (χ4v) is 3.51. The predicted molar refractivity (Wildman–Crippen MR) is 116 cm³/mol. The molecular weight excluding hydrogens is 396 g/mol. The number of urea groups is 1. The number of fused-ring (bicyclic) bond motifs is 1. The van der Waals surface area contributed by atoms with E-state index in [9.17, 15) is 9.59 Å². The standard InChI is InChI=1S/C23H24N4O4/c1-3-30-22(28)20-14-25-27(15(20)2)18-10-8-17(9-11-18)26-23(29)24-13-19-12-16-6-4-5-7-21(16)31-19/h4-11,14,19H,3,12-13H2,1-2H3,(H2,24,26,29)/t19-/m0/s1. The molecule has 0 fully saturated rings.